The van der Waals surface area contributed by atoms with Gasteiger partial charge in [-0.2, -0.15) is 5.26 Å². The number of aliphatic carboxylic acids is 1. The van der Waals surface area contributed by atoms with Crippen LogP contribution in [0, 0.1) is 18.3 Å². The fraction of sp³-hybridized carbons (Fsp3) is 0.538. The van der Waals surface area contributed by atoms with Crippen LogP contribution >= 0.6 is 0 Å². The van der Waals surface area contributed by atoms with Gasteiger partial charge in [-0.05, 0) is 20.8 Å². The lowest BCUT2D eigenvalue weighted by Gasteiger charge is -2.25. The number of carboxylic acid groups (broad SMARTS) is 1. The molecular formula is C13H17N3O5. The van der Waals surface area contributed by atoms with Crippen LogP contribution in [0.25, 0.3) is 0 Å². The molecule has 0 aliphatic heterocycles. The molecule has 114 valence electrons. The summed E-state index contributed by atoms with van der Waals surface area (Å²) in [6.07, 6.45) is -1.11. The summed E-state index contributed by atoms with van der Waals surface area (Å²) in [4.78, 5) is 27.7. The van der Waals surface area contributed by atoms with Gasteiger partial charge < -0.3 is 14.3 Å². The van der Waals surface area contributed by atoms with Crippen molar-refractivity contribution in [2.24, 2.45) is 0 Å². The van der Waals surface area contributed by atoms with Gasteiger partial charge in [0.1, 0.15) is 11.7 Å². The van der Waals surface area contributed by atoms with Crippen LogP contribution in [0.5, 0.6) is 0 Å². The van der Waals surface area contributed by atoms with Gasteiger partial charge in [-0.25, -0.2) is 14.7 Å². The Morgan fingerprint density at radius 2 is 2.10 bits per heavy atom. The Morgan fingerprint density at radius 3 is 2.57 bits per heavy atom. The molecule has 1 aromatic rings. The first-order valence-electron chi connectivity index (χ1n) is 6.24. The van der Waals surface area contributed by atoms with Crippen molar-refractivity contribution in [1.29, 1.82) is 5.26 Å². The number of hydrogen-bond donors (Lipinski definition) is 1. The molecule has 1 amide bonds. The number of carbonyl (C=O) groups is 2. The number of aromatic nitrogens is 1. The van der Waals surface area contributed by atoms with Crippen LogP contribution in [-0.4, -0.2) is 34.3 Å². The highest BCUT2D eigenvalue weighted by Crippen LogP contribution is 2.24. The number of carbonyl (C=O) groups excluding carboxylic acids is 1. The van der Waals surface area contributed by atoms with Crippen LogP contribution in [0.4, 0.5) is 10.7 Å². The van der Waals surface area contributed by atoms with Crippen molar-refractivity contribution in [1.82, 2.24) is 4.98 Å². The molecule has 0 bridgehead atoms. The molecule has 0 aliphatic carbocycles. The van der Waals surface area contributed by atoms with E-state index >= 15 is 0 Å². The monoisotopic (exact) mass is 295 g/mol. The zero-order chi connectivity index (χ0) is 16.2. The van der Waals surface area contributed by atoms with Crippen molar-refractivity contribution in [3.8, 4) is 6.07 Å². The summed E-state index contributed by atoms with van der Waals surface area (Å²) in [6, 6.07) is 1.80. The summed E-state index contributed by atoms with van der Waals surface area (Å²) in [5.41, 5.74) is -0.857. The average Bonchev–Trinajstić information content (AvgIpc) is 2.68. The highest BCUT2D eigenvalue weighted by atomic mass is 16.6. The number of rotatable bonds is 4. The van der Waals surface area contributed by atoms with E-state index in [-0.39, 0.29) is 30.4 Å². The highest BCUT2D eigenvalue weighted by Gasteiger charge is 2.29. The van der Waals surface area contributed by atoms with Gasteiger partial charge in [-0.15, -0.1) is 0 Å². The molecule has 0 radical (unpaired) electrons. The van der Waals surface area contributed by atoms with Crippen LogP contribution in [-0.2, 0) is 9.53 Å². The van der Waals surface area contributed by atoms with E-state index in [0.717, 1.165) is 4.90 Å². The number of nitrogens with zero attached hydrogens (tertiary/aromatic N) is 3. The molecule has 0 aromatic carbocycles. The minimum absolute atomic E-state index is 0.0938. The van der Waals surface area contributed by atoms with Crippen molar-refractivity contribution >= 4 is 17.9 Å². The Morgan fingerprint density at radius 1 is 1.48 bits per heavy atom. The molecule has 0 unspecified atom stereocenters. The Kier molecular flexibility index (Phi) is 4.92. The Hall–Kier alpha value is -2.56. The second kappa shape index (κ2) is 6.26. The number of amides is 1. The lowest BCUT2D eigenvalue weighted by molar-refractivity contribution is -0.136. The van der Waals surface area contributed by atoms with E-state index in [0.29, 0.717) is 0 Å². The zero-order valence-electron chi connectivity index (χ0n) is 12.3. The van der Waals surface area contributed by atoms with Crippen molar-refractivity contribution < 1.29 is 23.8 Å². The van der Waals surface area contributed by atoms with Gasteiger partial charge in [0.15, 0.2) is 5.89 Å². The van der Waals surface area contributed by atoms with E-state index < -0.39 is 17.7 Å². The van der Waals surface area contributed by atoms with Gasteiger partial charge in [0, 0.05) is 13.5 Å². The Labute approximate surface area is 121 Å². The van der Waals surface area contributed by atoms with Crippen molar-refractivity contribution in [3.05, 3.63) is 11.6 Å². The number of anilines is 1. The fourth-order valence-electron chi connectivity index (χ4n) is 1.47. The number of aryl methyl sites for hydroxylation is 1. The van der Waals surface area contributed by atoms with Crippen molar-refractivity contribution in [2.75, 3.05) is 11.4 Å². The molecule has 0 fully saturated rings. The molecule has 0 saturated heterocycles. The Bertz CT molecular complexity index is 580. The molecule has 1 N–H and O–H groups in total. The maximum atomic E-state index is 12.2. The standard InChI is InChI=1S/C13H17N3O5/c1-8-15-9(7-14)11(20-8)16(6-5-10(17)18)12(19)21-13(2,3)4/h5-6H2,1-4H3,(H,17,18). The largest absolute Gasteiger partial charge is 0.481 e. The summed E-state index contributed by atoms with van der Waals surface area (Å²) in [5.74, 6) is -0.991. The number of ether oxygens (including phenoxy) is 1. The molecule has 21 heavy (non-hydrogen) atoms. The third-order valence-corrected chi connectivity index (χ3v) is 2.23. The lowest BCUT2D eigenvalue weighted by Crippen LogP contribution is -2.38. The summed E-state index contributed by atoms with van der Waals surface area (Å²) in [6.45, 7) is 6.37. The predicted molar refractivity (Wildman–Crippen MR) is 71.8 cm³/mol. The predicted octanol–water partition coefficient (Wildman–Crippen LogP) is 2.07. The average molecular weight is 295 g/mol. The van der Waals surface area contributed by atoms with E-state index in [2.05, 4.69) is 4.98 Å². The van der Waals surface area contributed by atoms with E-state index in [1.54, 1.807) is 26.8 Å². The molecule has 1 aromatic heterocycles. The van der Waals surface area contributed by atoms with Gasteiger partial charge >= 0.3 is 12.1 Å². The maximum Gasteiger partial charge on any atom is 0.417 e. The topological polar surface area (TPSA) is 117 Å². The van der Waals surface area contributed by atoms with Crippen molar-refractivity contribution in [2.45, 2.75) is 39.7 Å². The second-order valence-corrected chi connectivity index (χ2v) is 5.27. The smallest absolute Gasteiger partial charge is 0.417 e. The first-order chi connectivity index (χ1) is 9.64. The molecular weight excluding hydrogens is 278 g/mol. The van der Waals surface area contributed by atoms with E-state index in [1.165, 1.54) is 6.92 Å². The number of carboxylic acids is 1. The molecule has 0 saturated carbocycles. The molecule has 0 aliphatic rings. The van der Waals surface area contributed by atoms with E-state index in [1.807, 2.05) is 0 Å². The van der Waals surface area contributed by atoms with Gasteiger partial charge in [-0.1, -0.05) is 0 Å². The second-order valence-electron chi connectivity index (χ2n) is 5.27. The van der Waals surface area contributed by atoms with Crippen molar-refractivity contribution in [3.63, 3.8) is 0 Å². The maximum absolute atomic E-state index is 12.2. The Balaban J connectivity index is 3.10. The summed E-state index contributed by atoms with van der Waals surface area (Å²) >= 11 is 0. The van der Waals surface area contributed by atoms with Gasteiger partial charge in [-0.3, -0.25) is 4.79 Å². The van der Waals surface area contributed by atoms with E-state index in [9.17, 15) is 9.59 Å². The lowest BCUT2D eigenvalue weighted by atomic mass is 10.2. The summed E-state index contributed by atoms with van der Waals surface area (Å²) in [7, 11) is 0. The fourth-order valence-corrected chi connectivity index (χ4v) is 1.47. The van der Waals surface area contributed by atoms with Crippen LogP contribution in [0.2, 0.25) is 0 Å². The van der Waals surface area contributed by atoms with Gasteiger partial charge in [0.25, 0.3) is 0 Å². The zero-order valence-corrected chi connectivity index (χ0v) is 12.3. The van der Waals surface area contributed by atoms with E-state index in [4.69, 9.17) is 19.5 Å². The van der Waals surface area contributed by atoms with Crippen LogP contribution in [0.1, 0.15) is 38.8 Å². The third-order valence-electron chi connectivity index (χ3n) is 2.23. The normalized spacial score (nSPS) is 10.8. The minimum Gasteiger partial charge on any atom is -0.481 e. The first kappa shape index (κ1) is 16.5. The van der Waals surface area contributed by atoms with Gasteiger partial charge in [0.2, 0.25) is 11.6 Å². The number of hydrogen-bond acceptors (Lipinski definition) is 6. The van der Waals surface area contributed by atoms with Crippen LogP contribution in [0.3, 0.4) is 0 Å². The molecule has 8 nitrogen and oxygen atoms in total. The minimum atomic E-state index is -1.08. The highest BCUT2D eigenvalue weighted by molar-refractivity contribution is 5.88. The summed E-state index contributed by atoms with van der Waals surface area (Å²) in [5, 5.41) is 17.8. The number of oxazole rings is 1. The summed E-state index contributed by atoms with van der Waals surface area (Å²) < 4.78 is 10.4. The van der Waals surface area contributed by atoms with Crippen LogP contribution < -0.4 is 4.90 Å². The quantitative estimate of drug-likeness (QED) is 0.903. The van der Waals surface area contributed by atoms with Crippen LogP contribution in [0.15, 0.2) is 4.42 Å². The van der Waals surface area contributed by atoms with Gasteiger partial charge in [0.05, 0.1) is 6.42 Å². The molecule has 8 heteroatoms. The first-order valence-corrected chi connectivity index (χ1v) is 6.24. The molecule has 0 atom stereocenters. The third kappa shape index (κ3) is 4.80. The molecule has 1 heterocycles. The molecule has 0 spiro atoms. The molecule has 1 rings (SSSR count). The number of nitriles is 1. The SMILES string of the molecule is Cc1nc(C#N)c(N(CCC(=O)O)C(=O)OC(C)(C)C)o1.